The highest BCUT2D eigenvalue weighted by atomic mass is 15.3. The van der Waals surface area contributed by atoms with Gasteiger partial charge in [0.1, 0.15) is 6.33 Å². The van der Waals surface area contributed by atoms with Crippen LogP contribution in [0.2, 0.25) is 0 Å². The predicted molar refractivity (Wildman–Crippen MR) is 106 cm³/mol. The Labute approximate surface area is 154 Å². The van der Waals surface area contributed by atoms with E-state index in [0.717, 1.165) is 17.1 Å². The topological polar surface area (TPSA) is 30.7 Å². The third kappa shape index (κ3) is 2.93. The molecule has 0 aliphatic heterocycles. The van der Waals surface area contributed by atoms with Crippen LogP contribution in [0, 0.1) is 0 Å². The highest BCUT2D eigenvalue weighted by Crippen LogP contribution is 2.35. The summed E-state index contributed by atoms with van der Waals surface area (Å²) in [5.41, 5.74) is 5.87. The van der Waals surface area contributed by atoms with Crippen molar-refractivity contribution in [2.75, 3.05) is 0 Å². The van der Waals surface area contributed by atoms with Gasteiger partial charge in [-0.25, -0.2) is 0 Å². The van der Waals surface area contributed by atoms with E-state index in [1.165, 1.54) is 16.7 Å². The van der Waals surface area contributed by atoms with Crippen LogP contribution in [0.1, 0.15) is 25.3 Å². The Morgan fingerprint density at radius 2 is 1.38 bits per heavy atom. The Morgan fingerprint density at radius 3 is 2.04 bits per heavy atom. The van der Waals surface area contributed by atoms with E-state index < -0.39 is 0 Å². The van der Waals surface area contributed by atoms with E-state index in [2.05, 4.69) is 83.2 Å². The van der Waals surface area contributed by atoms with Crippen LogP contribution in [0.25, 0.3) is 28.2 Å². The molecular weight excluding hydrogens is 318 g/mol. The lowest BCUT2D eigenvalue weighted by Gasteiger charge is -2.19. The van der Waals surface area contributed by atoms with Crippen molar-refractivity contribution >= 4 is 0 Å². The molecule has 0 aliphatic carbocycles. The standard InChI is InChI=1S/C23H21N3/c1-17(2)20-14-9-15-21(18-10-5-3-6-11-18)22(20)26-16-24-25-23(26)19-12-7-4-8-13-19/h3-17H,1-2H3. The van der Waals surface area contributed by atoms with Crippen molar-refractivity contribution in [2.24, 2.45) is 0 Å². The Morgan fingerprint density at radius 1 is 0.731 bits per heavy atom. The normalized spacial score (nSPS) is 11.0. The lowest BCUT2D eigenvalue weighted by Crippen LogP contribution is -2.05. The number of hydrogen-bond donors (Lipinski definition) is 0. The molecular formula is C23H21N3. The third-order valence-electron chi connectivity index (χ3n) is 4.59. The SMILES string of the molecule is CC(C)c1cccc(-c2ccccc2)c1-n1cnnc1-c1ccccc1. The van der Waals surface area contributed by atoms with Crippen molar-refractivity contribution in [3.05, 3.63) is 90.8 Å². The molecule has 1 heterocycles. The van der Waals surface area contributed by atoms with Gasteiger partial charge in [-0.15, -0.1) is 10.2 Å². The second kappa shape index (κ2) is 6.96. The van der Waals surface area contributed by atoms with Crippen LogP contribution < -0.4 is 0 Å². The van der Waals surface area contributed by atoms with Gasteiger partial charge in [0.05, 0.1) is 5.69 Å². The zero-order chi connectivity index (χ0) is 17.9. The summed E-state index contributed by atoms with van der Waals surface area (Å²) in [6.07, 6.45) is 1.82. The lowest BCUT2D eigenvalue weighted by molar-refractivity contribution is 0.847. The molecule has 3 aromatic carbocycles. The summed E-state index contributed by atoms with van der Waals surface area (Å²) >= 11 is 0. The number of para-hydroxylation sites is 1. The number of aromatic nitrogens is 3. The summed E-state index contributed by atoms with van der Waals surface area (Å²) in [6, 6.07) is 27.2. The maximum Gasteiger partial charge on any atom is 0.168 e. The minimum absolute atomic E-state index is 0.389. The summed E-state index contributed by atoms with van der Waals surface area (Å²) in [5, 5.41) is 8.63. The van der Waals surface area contributed by atoms with Crippen molar-refractivity contribution < 1.29 is 0 Å². The van der Waals surface area contributed by atoms with E-state index in [-0.39, 0.29) is 0 Å². The molecule has 0 atom stereocenters. The van der Waals surface area contributed by atoms with Gasteiger partial charge in [0.25, 0.3) is 0 Å². The van der Waals surface area contributed by atoms with Crippen LogP contribution in [-0.2, 0) is 0 Å². The van der Waals surface area contributed by atoms with Gasteiger partial charge < -0.3 is 0 Å². The van der Waals surface area contributed by atoms with E-state index in [1.54, 1.807) is 0 Å². The fourth-order valence-corrected chi connectivity index (χ4v) is 3.33. The van der Waals surface area contributed by atoms with E-state index in [1.807, 2.05) is 30.6 Å². The average molecular weight is 339 g/mol. The second-order valence-electron chi connectivity index (χ2n) is 6.65. The first-order valence-corrected chi connectivity index (χ1v) is 8.90. The van der Waals surface area contributed by atoms with Gasteiger partial charge in [0, 0.05) is 11.1 Å². The summed E-state index contributed by atoms with van der Waals surface area (Å²) in [4.78, 5) is 0. The summed E-state index contributed by atoms with van der Waals surface area (Å²) in [7, 11) is 0. The fourth-order valence-electron chi connectivity index (χ4n) is 3.33. The Hall–Kier alpha value is -3.20. The van der Waals surface area contributed by atoms with Gasteiger partial charge in [-0.05, 0) is 17.0 Å². The van der Waals surface area contributed by atoms with Gasteiger partial charge in [-0.3, -0.25) is 4.57 Å². The van der Waals surface area contributed by atoms with Gasteiger partial charge in [0.2, 0.25) is 0 Å². The zero-order valence-electron chi connectivity index (χ0n) is 15.0. The minimum atomic E-state index is 0.389. The quantitative estimate of drug-likeness (QED) is 0.476. The summed E-state index contributed by atoms with van der Waals surface area (Å²) in [5.74, 6) is 1.25. The van der Waals surface area contributed by atoms with Crippen LogP contribution in [0.4, 0.5) is 0 Å². The molecule has 128 valence electrons. The largest absolute Gasteiger partial charge is 0.281 e. The molecule has 1 aromatic heterocycles. The lowest BCUT2D eigenvalue weighted by atomic mass is 9.94. The summed E-state index contributed by atoms with van der Waals surface area (Å²) < 4.78 is 2.12. The number of nitrogens with zero attached hydrogens (tertiary/aromatic N) is 3. The van der Waals surface area contributed by atoms with E-state index in [4.69, 9.17) is 0 Å². The van der Waals surface area contributed by atoms with Gasteiger partial charge in [0.15, 0.2) is 5.82 Å². The number of benzene rings is 3. The molecule has 0 aliphatic rings. The van der Waals surface area contributed by atoms with Crippen molar-refractivity contribution in [1.29, 1.82) is 0 Å². The van der Waals surface area contributed by atoms with Gasteiger partial charge in [-0.2, -0.15) is 0 Å². The van der Waals surface area contributed by atoms with Crippen molar-refractivity contribution in [2.45, 2.75) is 19.8 Å². The van der Waals surface area contributed by atoms with Crippen LogP contribution in [-0.4, -0.2) is 14.8 Å². The molecule has 0 fully saturated rings. The number of hydrogen-bond acceptors (Lipinski definition) is 2. The van der Waals surface area contributed by atoms with Crippen LogP contribution in [0.3, 0.4) is 0 Å². The van der Waals surface area contributed by atoms with Crippen LogP contribution in [0.5, 0.6) is 0 Å². The van der Waals surface area contributed by atoms with E-state index in [0.29, 0.717) is 5.92 Å². The van der Waals surface area contributed by atoms with Gasteiger partial charge in [-0.1, -0.05) is 92.7 Å². The molecule has 3 heteroatoms. The molecule has 3 nitrogen and oxygen atoms in total. The first kappa shape index (κ1) is 16.3. The third-order valence-corrected chi connectivity index (χ3v) is 4.59. The van der Waals surface area contributed by atoms with Crippen LogP contribution >= 0.6 is 0 Å². The fraction of sp³-hybridized carbons (Fsp3) is 0.130. The molecule has 0 spiro atoms. The van der Waals surface area contributed by atoms with Crippen molar-refractivity contribution in [3.63, 3.8) is 0 Å². The highest BCUT2D eigenvalue weighted by Gasteiger charge is 2.18. The zero-order valence-corrected chi connectivity index (χ0v) is 15.0. The van der Waals surface area contributed by atoms with Gasteiger partial charge >= 0.3 is 0 Å². The van der Waals surface area contributed by atoms with E-state index >= 15 is 0 Å². The first-order chi connectivity index (χ1) is 12.8. The number of rotatable bonds is 4. The van der Waals surface area contributed by atoms with Crippen LogP contribution in [0.15, 0.2) is 85.2 Å². The predicted octanol–water partition coefficient (Wildman–Crippen LogP) is 5.72. The molecule has 26 heavy (non-hydrogen) atoms. The Kier molecular flexibility index (Phi) is 4.36. The average Bonchev–Trinajstić information content (AvgIpc) is 3.18. The van der Waals surface area contributed by atoms with Crippen molar-refractivity contribution in [3.8, 4) is 28.2 Å². The summed E-state index contributed by atoms with van der Waals surface area (Å²) in [6.45, 7) is 4.44. The molecule has 0 saturated carbocycles. The molecule has 0 amide bonds. The Balaban J connectivity index is 1.99. The highest BCUT2D eigenvalue weighted by molar-refractivity contribution is 5.77. The van der Waals surface area contributed by atoms with Crippen molar-refractivity contribution in [1.82, 2.24) is 14.8 Å². The second-order valence-corrected chi connectivity index (χ2v) is 6.65. The smallest absolute Gasteiger partial charge is 0.168 e. The minimum Gasteiger partial charge on any atom is -0.281 e. The Bertz CT molecular complexity index is 1000. The molecule has 0 radical (unpaired) electrons. The molecule has 0 unspecified atom stereocenters. The molecule has 0 saturated heterocycles. The maximum atomic E-state index is 4.41. The molecule has 0 N–H and O–H groups in total. The molecule has 4 rings (SSSR count). The maximum absolute atomic E-state index is 4.41. The first-order valence-electron chi connectivity index (χ1n) is 8.90. The monoisotopic (exact) mass is 339 g/mol. The van der Waals surface area contributed by atoms with E-state index in [9.17, 15) is 0 Å². The molecule has 4 aromatic rings. The molecule has 0 bridgehead atoms.